The summed E-state index contributed by atoms with van der Waals surface area (Å²) in [7, 11) is 0. The van der Waals surface area contributed by atoms with Gasteiger partial charge in [-0.1, -0.05) is 31.0 Å². The number of nitrogens with one attached hydrogen (secondary N) is 1. The van der Waals surface area contributed by atoms with Gasteiger partial charge in [0, 0.05) is 30.3 Å². The Labute approximate surface area is 153 Å². The van der Waals surface area contributed by atoms with Crippen molar-refractivity contribution in [2.24, 2.45) is 0 Å². The summed E-state index contributed by atoms with van der Waals surface area (Å²) in [4.78, 5) is 25.6. The van der Waals surface area contributed by atoms with Crippen molar-refractivity contribution in [2.75, 3.05) is 23.3 Å². The van der Waals surface area contributed by atoms with Crippen molar-refractivity contribution in [1.82, 2.24) is 0 Å². The first-order valence-corrected chi connectivity index (χ1v) is 8.96. The number of carbonyl (C=O) groups excluding carboxylic acids is 1. The molecule has 26 heavy (non-hydrogen) atoms. The monoisotopic (exact) mass is 353 g/mol. The molecule has 0 saturated carbocycles. The van der Waals surface area contributed by atoms with Crippen LogP contribution in [0.15, 0.2) is 42.5 Å². The summed E-state index contributed by atoms with van der Waals surface area (Å²) >= 11 is 0. The second-order valence-electron chi connectivity index (χ2n) is 6.63. The quantitative estimate of drug-likeness (QED) is 0.647. The molecular weight excluding hydrogens is 330 g/mol. The molecule has 1 aliphatic heterocycles. The molecule has 6 heteroatoms. The minimum Gasteiger partial charge on any atom is -0.370 e. The lowest BCUT2D eigenvalue weighted by Crippen LogP contribution is -2.25. The average Bonchev–Trinajstić information content (AvgIpc) is 2.91. The summed E-state index contributed by atoms with van der Waals surface area (Å²) in [6, 6.07) is 12.3. The van der Waals surface area contributed by atoms with Crippen LogP contribution in [0.5, 0.6) is 0 Å². The van der Waals surface area contributed by atoms with Crippen LogP contribution in [-0.2, 0) is 0 Å². The number of benzene rings is 2. The smallest absolute Gasteiger partial charge is 0.273 e. The van der Waals surface area contributed by atoms with Crippen molar-refractivity contribution in [1.29, 1.82) is 0 Å². The first kappa shape index (κ1) is 17.9. The van der Waals surface area contributed by atoms with Crippen molar-refractivity contribution >= 4 is 23.0 Å². The van der Waals surface area contributed by atoms with Crippen molar-refractivity contribution in [3.63, 3.8) is 0 Å². The molecule has 0 radical (unpaired) electrons. The van der Waals surface area contributed by atoms with Gasteiger partial charge < -0.3 is 10.2 Å². The minimum atomic E-state index is -0.461. The fourth-order valence-corrected chi connectivity index (χ4v) is 3.31. The number of nitrogens with zero attached hydrogens (tertiary/aromatic N) is 2. The van der Waals surface area contributed by atoms with Crippen LogP contribution in [0.25, 0.3) is 0 Å². The third kappa shape index (κ3) is 4.02. The van der Waals surface area contributed by atoms with Crippen LogP contribution in [0.4, 0.5) is 17.1 Å². The Hall–Kier alpha value is -2.89. The van der Waals surface area contributed by atoms with E-state index in [9.17, 15) is 14.9 Å². The standard InChI is InChI=1S/C20H23N3O3/c1-15-10-11-16(14-19(15)23(25)26)20(24)21-17-8-4-5-9-18(17)22-12-6-2-3-7-13-22/h4-5,8-11,14H,2-3,6-7,12-13H2,1H3,(H,21,24). The Morgan fingerprint density at radius 3 is 2.46 bits per heavy atom. The highest BCUT2D eigenvalue weighted by Crippen LogP contribution is 2.29. The summed E-state index contributed by atoms with van der Waals surface area (Å²) in [6.07, 6.45) is 4.76. The summed E-state index contributed by atoms with van der Waals surface area (Å²) in [6.45, 7) is 3.61. The average molecular weight is 353 g/mol. The zero-order valence-electron chi connectivity index (χ0n) is 14.9. The number of nitro groups is 1. The molecule has 0 unspecified atom stereocenters. The summed E-state index contributed by atoms with van der Waals surface area (Å²) < 4.78 is 0. The molecule has 0 atom stereocenters. The molecule has 0 bridgehead atoms. The normalized spacial score (nSPS) is 14.6. The summed E-state index contributed by atoms with van der Waals surface area (Å²) in [5.74, 6) is -0.338. The number of hydrogen-bond donors (Lipinski definition) is 1. The number of rotatable bonds is 4. The van der Waals surface area contributed by atoms with E-state index in [4.69, 9.17) is 0 Å². The van der Waals surface area contributed by atoms with E-state index in [0.717, 1.165) is 37.3 Å². The van der Waals surface area contributed by atoms with E-state index < -0.39 is 4.92 Å². The Morgan fingerprint density at radius 2 is 1.77 bits per heavy atom. The van der Waals surface area contributed by atoms with Crippen LogP contribution in [0, 0.1) is 17.0 Å². The zero-order valence-corrected chi connectivity index (χ0v) is 14.9. The molecule has 1 saturated heterocycles. The van der Waals surface area contributed by atoms with Crippen molar-refractivity contribution < 1.29 is 9.72 Å². The Bertz CT molecular complexity index is 812. The predicted molar refractivity (Wildman–Crippen MR) is 103 cm³/mol. The molecule has 136 valence electrons. The molecule has 0 spiro atoms. The highest BCUT2D eigenvalue weighted by Gasteiger charge is 2.18. The van der Waals surface area contributed by atoms with Gasteiger partial charge in [-0.3, -0.25) is 14.9 Å². The molecule has 0 aromatic heterocycles. The number of carbonyl (C=O) groups is 1. The number of nitro benzene ring substituents is 1. The van der Waals surface area contributed by atoms with Gasteiger partial charge in [0.15, 0.2) is 0 Å². The van der Waals surface area contributed by atoms with Gasteiger partial charge >= 0.3 is 0 Å². The van der Waals surface area contributed by atoms with E-state index in [1.807, 2.05) is 24.3 Å². The van der Waals surface area contributed by atoms with Crippen LogP contribution in [-0.4, -0.2) is 23.9 Å². The molecule has 2 aromatic rings. The molecular formula is C20H23N3O3. The molecule has 1 amide bonds. The van der Waals surface area contributed by atoms with Gasteiger partial charge in [0.2, 0.25) is 0 Å². The van der Waals surface area contributed by atoms with Crippen LogP contribution >= 0.6 is 0 Å². The van der Waals surface area contributed by atoms with Gasteiger partial charge in [-0.25, -0.2) is 0 Å². The van der Waals surface area contributed by atoms with Gasteiger partial charge in [0.05, 0.1) is 16.3 Å². The molecule has 6 nitrogen and oxygen atoms in total. The maximum Gasteiger partial charge on any atom is 0.273 e. The van der Waals surface area contributed by atoms with Crippen LogP contribution in [0.3, 0.4) is 0 Å². The van der Waals surface area contributed by atoms with Crippen molar-refractivity contribution in [2.45, 2.75) is 32.6 Å². The molecule has 1 fully saturated rings. The minimum absolute atomic E-state index is 0.0431. The second-order valence-corrected chi connectivity index (χ2v) is 6.63. The Balaban J connectivity index is 1.84. The Morgan fingerprint density at radius 1 is 1.08 bits per heavy atom. The first-order chi connectivity index (χ1) is 12.6. The van der Waals surface area contributed by atoms with E-state index in [2.05, 4.69) is 10.2 Å². The molecule has 2 aromatic carbocycles. The molecule has 1 aliphatic rings. The highest BCUT2D eigenvalue weighted by molar-refractivity contribution is 6.06. The van der Waals surface area contributed by atoms with Crippen LogP contribution < -0.4 is 10.2 Å². The molecule has 0 aliphatic carbocycles. The van der Waals surface area contributed by atoms with E-state index in [-0.39, 0.29) is 17.2 Å². The van der Waals surface area contributed by atoms with Crippen LogP contribution in [0.1, 0.15) is 41.6 Å². The number of aryl methyl sites for hydroxylation is 1. The third-order valence-electron chi connectivity index (χ3n) is 4.77. The fraction of sp³-hybridized carbons (Fsp3) is 0.350. The fourth-order valence-electron chi connectivity index (χ4n) is 3.31. The van der Waals surface area contributed by atoms with Crippen molar-refractivity contribution in [3.8, 4) is 0 Å². The lowest BCUT2D eigenvalue weighted by atomic mass is 10.1. The highest BCUT2D eigenvalue weighted by atomic mass is 16.6. The van der Waals surface area contributed by atoms with Gasteiger partial charge in [0.25, 0.3) is 11.6 Å². The number of amides is 1. The first-order valence-electron chi connectivity index (χ1n) is 8.96. The second kappa shape index (κ2) is 7.99. The van der Waals surface area contributed by atoms with Gasteiger partial charge in [-0.05, 0) is 38.0 Å². The predicted octanol–water partition coefficient (Wildman–Crippen LogP) is 4.54. The maximum absolute atomic E-state index is 12.7. The van der Waals surface area contributed by atoms with Crippen LogP contribution in [0.2, 0.25) is 0 Å². The SMILES string of the molecule is Cc1ccc(C(=O)Nc2ccccc2N2CCCCCC2)cc1[N+](=O)[O-]. The molecule has 3 rings (SSSR count). The van der Waals surface area contributed by atoms with E-state index in [1.165, 1.54) is 18.9 Å². The lowest BCUT2D eigenvalue weighted by molar-refractivity contribution is -0.385. The summed E-state index contributed by atoms with van der Waals surface area (Å²) in [5.41, 5.74) is 2.52. The number of anilines is 2. The third-order valence-corrected chi connectivity index (χ3v) is 4.77. The van der Waals surface area contributed by atoms with E-state index in [1.54, 1.807) is 19.1 Å². The molecule has 1 heterocycles. The van der Waals surface area contributed by atoms with Gasteiger partial charge in [0.1, 0.15) is 0 Å². The zero-order chi connectivity index (χ0) is 18.5. The van der Waals surface area contributed by atoms with E-state index in [0.29, 0.717) is 5.56 Å². The maximum atomic E-state index is 12.7. The van der Waals surface area contributed by atoms with E-state index >= 15 is 0 Å². The summed E-state index contributed by atoms with van der Waals surface area (Å²) in [5, 5.41) is 14.0. The topological polar surface area (TPSA) is 75.5 Å². The molecule has 1 N–H and O–H groups in total. The Kier molecular flexibility index (Phi) is 5.51. The van der Waals surface area contributed by atoms with Gasteiger partial charge in [-0.2, -0.15) is 0 Å². The van der Waals surface area contributed by atoms with Crippen molar-refractivity contribution in [3.05, 3.63) is 63.7 Å². The number of para-hydroxylation sites is 2. The van der Waals surface area contributed by atoms with Gasteiger partial charge in [-0.15, -0.1) is 0 Å². The largest absolute Gasteiger partial charge is 0.370 e. The lowest BCUT2D eigenvalue weighted by Gasteiger charge is -2.25. The number of hydrogen-bond acceptors (Lipinski definition) is 4.